The topological polar surface area (TPSA) is 133 Å². The Morgan fingerprint density at radius 3 is 2.08 bits per heavy atom. The lowest BCUT2D eigenvalue weighted by molar-refractivity contribution is -0.207. The standard InChI is InChI=1S/C35H30F6N8O3/c36-23-4-11-28-27(17-23)31-44-45-46-49(31)20-33(28,52)35(40,41)30-12-3-22(19-42-30)21-1-7-25(8-2-21)47-13-15-48(16-14-47)26-9-5-24(6-10-26)43-32(51)29(50)18-34(37,38)39/h1-12,17,19,29,50,52H,13-16,18,20H2,(H,43,51)/t29?,33-/m0/s1. The Balaban J connectivity index is 0.975. The van der Waals surface area contributed by atoms with Crippen molar-refractivity contribution < 1.29 is 41.4 Å². The molecular weight excluding hydrogens is 694 g/mol. The fraction of sp³-hybridized carbons (Fsp3) is 0.286. The lowest BCUT2D eigenvalue weighted by Gasteiger charge is -2.39. The van der Waals surface area contributed by atoms with E-state index in [1.807, 2.05) is 24.3 Å². The van der Waals surface area contributed by atoms with Gasteiger partial charge in [0.25, 0.3) is 5.91 Å². The third-order valence-corrected chi connectivity index (χ3v) is 9.26. The van der Waals surface area contributed by atoms with E-state index in [0.29, 0.717) is 31.7 Å². The molecule has 0 radical (unpaired) electrons. The average Bonchev–Trinajstić information content (AvgIpc) is 3.60. The van der Waals surface area contributed by atoms with Gasteiger partial charge < -0.3 is 25.3 Å². The number of carbonyl (C=O) groups excluding carboxylic acids is 1. The van der Waals surface area contributed by atoms with Gasteiger partial charge in [-0.2, -0.15) is 22.0 Å². The minimum absolute atomic E-state index is 0.0391. The molecule has 2 aliphatic rings. The van der Waals surface area contributed by atoms with Gasteiger partial charge in [0.2, 0.25) is 0 Å². The van der Waals surface area contributed by atoms with E-state index < -0.39 is 54.2 Å². The number of tetrazole rings is 1. The summed E-state index contributed by atoms with van der Waals surface area (Å²) in [5.74, 6) is -5.67. The molecule has 270 valence electrons. The van der Waals surface area contributed by atoms with Crippen LogP contribution in [0, 0.1) is 5.82 Å². The fourth-order valence-electron chi connectivity index (χ4n) is 6.48. The van der Waals surface area contributed by atoms with Crippen LogP contribution in [0.25, 0.3) is 22.5 Å². The molecular formula is C35H30F6N8O3. The first-order chi connectivity index (χ1) is 24.7. The van der Waals surface area contributed by atoms with Gasteiger partial charge in [-0.1, -0.05) is 24.3 Å². The maximum atomic E-state index is 16.1. The largest absolute Gasteiger partial charge is 0.392 e. The minimum atomic E-state index is -4.66. The molecule has 7 rings (SSSR count). The number of aliphatic hydroxyl groups excluding tert-OH is 1. The zero-order chi connectivity index (χ0) is 36.8. The summed E-state index contributed by atoms with van der Waals surface area (Å²) < 4.78 is 84.7. The highest BCUT2D eigenvalue weighted by molar-refractivity contribution is 5.94. The number of fused-ring (bicyclic) bond motifs is 3. The van der Waals surface area contributed by atoms with Crippen molar-refractivity contribution in [3.63, 3.8) is 0 Å². The zero-order valence-electron chi connectivity index (χ0n) is 27.1. The van der Waals surface area contributed by atoms with Crippen LogP contribution >= 0.6 is 0 Å². The lowest BCUT2D eigenvalue weighted by Crippen LogP contribution is -2.49. The molecule has 2 atom stereocenters. The molecule has 52 heavy (non-hydrogen) atoms. The van der Waals surface area contributed by atoms with E-state index in [0.717, 1.165) is 45.9 Å². The Kier molecular flexibility index (Phi) is 8.86. The number of amides is 1. The first-order valence-electron chi connectivity index (χ1n) is 16.1. The first kappa shape index (κ1) is 34.9. The van der Waals surface area contributed by atoms with Crippen molar-refractivity contribution >= 4 is 23.0 Å². The van der Waals surface area contributed by atoms with Crippen molar-refractivity contribution in [3.05, 3.63) is 102 Å². The Labute approximate surface area is 292 Å². The third kappa shape index (κ3) is 6.64. The summed E-state index contributed by atoms with van der Waals surface area (Å²) in [5.41, 5.74) is -0.361. The number of pyridine rings is 1. The van der Waals surface area contributed by atoms with Gasteiger partial charge >= 0.3 is 12.1 Å². The molecule has 1 fully saturated rings. The third-order valence-electron chi connectivity index (χ3n) is 9.26. The van der Waals surface area contributed by atoms with Crippen LogP contribution in [0.1, 0.15) is 17.7 Å². The van der Waals surface area contributed by atoms with Gasteiger partial charge in [-0.05, 0) is 70.6 Å². The van der Waals surface area contributed by atoms with Crippen LogP contribution in [0.3, 0.4) is 0 Å². The number of hydrogen-bond donors (Lipinski definition) is 3. The Morgan fingerprint density at radius 1 is 0.865 bits per heavy atom. The van der Waals surface area contributed by atoms with Crippen LogP contribution < -0.4 is 15.1 Å². The van der Waals surface area contributed by atoms with Crippen molar-refractivity contribution in [2.75, 3.05) is 41.3 Å². The van der Waals surface area contributed by atoms with Crippen molar-refractivity contribution in [2.45, 2.75) is 36.8 Å². The van der Waals surface area contributed by atoms with Crippen LogP contribution in [0.5, 0.6) is 0 Å². The van der Waals surface area contributed by atoms with E-state index in [4.69, 9.17) is 0 Å². The smallest absolute Gasteiger partial charge is 0.383 e. The van der Waals surface area contributed by atoms with Crippen LogP contribution in [-0.2, 0) is 22.9 Å². The Morgan fingerprint density at radius 2 is 1.48 bits per heavy atom. The second-order valence-corrected chi connectivity index (χ2v) is 12.6. The number of aliphatic hydroxyl groups is 2. The molecule has 2 aliphatic heterocycles. The highest BCUT2D eigenvalue weighted by Crippen LogP contribution is 2.50. The molecule has 3 N–H and O–H groups in total. The van der Waals surface area contributed by atoms with E-state index in [-0.39, 0.29) is 22.6 Å². The average molecular weight is 725 g/mol. The summed E-state index contributed by atoms with van der Waals surface area (Å²) in [6, 6.07) is 19.9. The van der Waals surface area contributed by atoms with E-state index in [1.165, 1.54) is 12.3 Å². The molecule has 1 amide bonds. The number of hydrogen-bond acceptors (Lipinski definition) is 9. The summed E-state index contributed by atoms with van der Waals surface area (Å²) in [6.45, 7) is 2.01. The molecule has 0 bridgehead atoms. The number of carbonyl (C=O) groups is 1. The van der Waals surface area contributed by atoms with Crippen molar-refractivity contribution in [3.8, 4) is 22.5 Å². The highest BCUT2D eigenvalue weighted by atomic mass is 19.4. The number of piperazine rings is 1. The van der Waals surface area contributed by atoms with Crippen LogP contribution in [-0.4, -0.2) is 79.8 Å². The molecule has 0 spiro atoms. The highest BCUT2D eigenvalue weighted by Gasteiger charge is 2.59. The summed E-state index contributed by atoms with van der Waals surface area (Å²) in [5, 5.41) is 34.3. The summed E-state index contributed by atoms with van der Waals surface area (Å²) in [4.78, 5) is 20.2. The van der Waals surface area contributed by atoms with Gasteiger partial charge in [-0.15, -0.1) is 5.10 Å². The quantitative estimate of drug-likeness (QED) is 0.187. The lowest BCUT2D eigenvalue weighted by atomic mass is 9.80. The monoisotopic (exact) mass is 724 g/mol. The number of anilines is 3. The van der Waals surface area contributed by atoms with E-state index in [1.54, 1.807) is 24.3 Å². The molecule has 3 aromatic carbocycles. The number of alkyl halides is 5. The maximum absolute atomic E-state index is 16.1. The van der Waals surface area contributed by atoms with Gasteiger partial charge in [0.05, 0.1) is 13.0 Å². The second-order valence-electron chi connectivity index (χ2n) is 12.6. The van der Waals surface area contributed by atoms with Gasteiger partial charge in [-0.3, -0.25) is 9.78 Å². The van der Waals surface area contributed by atoms with Crippen LogP contribution in [0.4, 0.5) is 43.4 Å². The number of rotatable bonds is 8. The number of halogens is 6. The fourth-order valence-corrected chi connectivity index (χ4v) is 6.48. The molecule has 1 saturated heterocycles. The normalized spacial score (nSPS) is 18.1. The molecule has 1 unspecified atom stereocenters. The molecule has 0 aliphatic carbocycles. The second kappa shape index (κ2) is 13.2. The van der Waals surface area contributed by atoms with E-state index in [9.17, 15) is 32.6 Å². The minimum Gasteiger partial charge on any atom is -0.383 e. The summed E-state index contributed by atoms with van der Waals surface area (Å²) in [6.07, 6.45) is -7.19. The van der Waals surface area contributed by atoms with Crippen molar-refractivity contribution in [1.82, 2.24) is 25.2 Å². The van der Waals surface area contributed by atoms with Crippen molar-refractivity contribution in [1.29, 1.82) is 0 Å². The van der Waals surface area contributed by atoms with Crippen molar-refractivity contribution in [2.24, 2.45) is 0 Å². The Hall–Kier alpha value is -5.55. The van der Waals surface area contributed by atoms with Gasteiger partial charge in [0, 0.05) is 66.1 Å². The van der Waals surface area contributed by atoms with E-state index in [2.05, 4.69) is 35.6 Å². The number of benzene rings is 3. The van der Waals surface area contributed by atoms with E-state index >= 15 is 8.78 Å². The molecule has 5 aromatic rings. The first-order valence-corrected chi connectivity index (χ1v) is 16.1. The molecule has 17 heteroatoms. The molecule has 0 saturated carbocycles. The zero-order valence-corrected chi connectivity index (χ0v) is 27.1. The molecule has 11 nitrogen and oxygen atoms in total. The molecule has 4 heterocycles. The number of aromatic nitrogens is 5. The summed E-state index contributed by atoms with van der Waals surface area (Å²) >= 11 is 0. The number of nitrogens with one attached hydrogen (secondary N) is 1. The maximum Gasteiger partial charge on any atom is 0.392 e. The van der Waals surface area contributed by atoms with Gasteiger partial charge in [-0.25, -0.2) is 9.07 Å². The Bertz CT molecular complexity index is 2070. The SMILES string of the molecule is O=C(Nc1ccc(N2CCN(c3ccc(-c4ccc(C(F)(F)[C@]5(O)Cn6nnnc6-c6cc(F)ccc65)nc4)cc3)CC2)cc1)C(O)CC(F)(F)F. The van der Waals surface area contributed by atoms with Gasteiger partial charge in [0.1, 0.15) is 17.6 Å². The number of nitrogens with zero attached hydrogens (tertiary/aromatic N) is 7. The predicted octanol–water partition coefficient (Wildman–Crippen LogP) is 5.11. The summed E-state index contributed by atoms with van der Waals surface area (Å²) in [7, 11) is 0. The van der Waals surface area contributed by atoms with Crippen LogP contribution in [0.15, 0.2) is 85.1 Å². The van der Waals surface area contributed by atoms with Gasteiger partial charge in [0.15, 0.2) is 11.4 Å². The van der Waals surface area contributed by atoms with Crippen LogP contribution in [0.2, 0.25) is 0 Å². The molecule has 2 aromatic heterocycles. The predicted molar refractivity (Wildman–Crippen MR) is 177 cm³/mol.